The first-order valence-corrected chi connectivity index (χ1v) is 4.27. The van der Waals surface area contributed by atoms with E-state index >= 15 is 0 Å². The number of nitrogens with zero attached hydrogens (tertiary/aromatic N) is 1. The summed E-state index contributed by atoms with van der Waals surface area (Å²) in [5.41, 5.74) is 0.384. The van der Waals surface area contributed by atoms with Crippen molar-refractivity contribution >= 4 is 10.2 Å². The van der Waals surface area contributed by atoms with Gasteiger partial charge >= 0.3 is 10.2 Å². The lowest BCUT2D eigenvalue weighted by Crippen LogP contribution is -1.94. The lowest BCUT2D eigenvalue weighted by molar-refractivity contribution is 0.551. The molecule has 1 rings (SSSR count). The number of rotatable bonds is 1. The van der Waals surface area contributed by atoms with Gasteiger partial charge in [0.1, 0.15) is 4.90 Å². The van der Waals surface area contributed by atoms with Gasteiger partial charge in [-0.1, -0.05) is 0 Å². The Labute approximate surface area is 63.6 Å². The zero-order valence-corrected chi connectivity index (χ0v) is 6.87. The quantitative estimate of drug-likeness (QED) is 0.643. The van der Waals surface area contributed by atoms with Gasteiger partial charge in [0.2, 0.25) is 0 Å². The SMILES string of the molecule is Cc1n[nH]c(C)c1S(=O)(=O)F. The first-order chi connectivity index (χ1) is 4.93. The van der Waals surface area contributed by atoms with Crippen molar-refractivity contribution in [1.82, 2.24) is 10.2 Å². The van der Waals surface area contributed by atoms with E-state index in [0.29, 0.717) is 0 Å². The molecule has 62 valence electrons. The van der Waals surface area contributed by atoms with Gasteiger partial charge in [0.15, 0.2) is 0 Å². The summed E-state index contributed by atoms with van der Waals surface area (Å²) in [7, 11) is -4.61. The number of hydrogen-bond acceptors (Lipinski definition) is 3. The van der Waals surface area contributed by atoms with Gasteiger partial charge in [-0.3, -0.25) is 5.10 Å². The Morgan fingerprint density at radius 3 is 2.18 bits per heavy atom. The second kappa shape index (κ2) is 2.30. The van der Waals surface area contributed by atoms with Gasteiger partial charge in [-0.05, 0) is 13.8 Å². The van der Waals surface area contributed by atoms with E-state index in [1.165, 1.54) is 13.8 Å². The second-order valence-corrected chi connectivity index (χ2v) is 3.48. The van der Waals surface area contributed by atoms with Crippen LogP contribution in [0.5, 0.6) is 0 Å². The molecular weight excluding hydrogens is 171 g/mol. The van der Waals surface area contributed by atoms with E-state index in [9.17, 15) is 12.3 Å². The van der Waals surface area contributed by atoms with Crippen LogP contribution in [0.3, 0.4) is 0 Å². The number of aromatic nitrogens is 2. The van der Waals surface area contributed by atoms with Crippen molar-refractivity contribution in [3.05, 3.63) is 11.4 Å². The predicted molar refractivity (Wildman–Crippen MR) is 36.4 cm³/mol. The Balaban J connectivity index is 3.45. The van der Waals surface area contributed by atoms with Gasteiger partial charge in [0, 0.05) is 0 Å². The molecular formula is C5H7FN2O2S. The fourth-order valence-electron chi connectivity index (χ4n) is 0.900. The second-order valence-electron chi connectivity index (χ2n) is 2.20. The first-order valence-electron chi connectivity index (χ1n) is 2.89. The molecule has 11 heavy (non-hydrogen) atoms. The molecule has 0 aliphatic carbocycles. The highest BCUT2D eigenvalue weighted by Crippen LogP contribution is 2.18. The third-order valence-corrected chi connectivity index (χ3v) is 2.39. The van der Waals surface area contributed by atoms with Crippen LogP contribution < -0.4 is 0 Å². The highest BCUT2D eigenvalue weighted by molar-refractivity contribution is 7.86. The topological polar surface area (TPSA) is 62.8 Å². The normalized spacial score (nSPS) is 11.9. The molecule has 0 aliphatic heterocycles. The Morgan fingerprint density at radius 1 is 1.45 bits per heavy atom. The molecule has 0 radical (unpaired) electrons. The lowest BCUT2D eigenvalue weighted by Gasteiger charge is -1.90. The van der Waals surface area contributed by atoms with Crippen molar-refractivity contribution in [1.29, 1.82) is 0 Å². The molecule has 0 aromatic carbocycles. The van der Waals surface area contributed by atoms with E-state index in [2.05, 4.69) is 10.2 Å². The molecule has 0 atom stereocenters. The maximum Gasteiger partial charge on any atom is 0.335 e. The molecule has 0 bridgehead atoms. The average molecular weight is 178 g/mol. The number of hydrogen-bond donors (Lipinski definition) is 1. The maximum absolute atomic E-state index is 12.4. The Bertz CT molecular complexity index is 348. The molecule has 1 heterocycles. The molecule has 0 amide bonds. The third kappa shape index (κ3) is 1.40. The van der Waals surface area contributed by atoms with Crippen LogP contribution in [0, 0.1) is 13.8 Å². The van der Waals surface area contributed by atoms with Crippen LogP contribution in [0.25, 0.3) is 0 Å². The first kappa shape index (κ1) is 8.19. The number of aromatic amines is 1. The predicted octanol–water partition coefficient (Wildman–Crippen LogP) is 0.685. The van der Waals surface area contributed by atoms with Crippen LogP contribution in [0.15, 0.2) is 4.90 Å². The summed E-state index contributed by atoms with van der Waals surface area (Å²) in [5, 5.41) is 5.91. The zero-order valence-electron chi connectivity index (χ0n) is 6.05. The Morgan fingerprint density at radius 2 is 2.00 bits per heavy atom. The fraction of sp³-hybridized carbons (Fsp3) is 0.400. The monoisotopic (exact) mass is 178 g/mol. The minimum Gasteiger partial charge on any atom is -0.281 e. The summed E-state index contributed by atoms with van der Waals surface area (Å²) in [6.07, 6.45) is 0. The number of halogens is 1. The number of aryl methyl sites for hydroxylation is 2. The Hall–Kier alpha value is -0.910. The smallest absolute Gasteiger partial charge is 0.281 e. The molecule has 0 saturated heterocycles. The fourth-order valence-corrected chi connectivity index (χ4v) is 1.71. The molecule has 0 aliphatic rings. The highest BCUT2D eigenvalue weighted by atomic mass is 32.3. The summed E-state index contributed by atoms with van der Waals surface area (Å²) in [6.45, 7) is 2.88. The van der Waals surface area contributed by atoms with E-state index in [1.54, 1.807) is 0 Å². The maximum atomic E-state index is 12.4. The minimum absolute atomic E-state index is 0.157. The van der Waals surface area contributed by atoms with Crippen molar-refractivity contribution in [2.24, 2.45) is 0 Å². The summed E-state index contributed by atoms with van der Waals surface area (Å²) in [6, 6.07) is 0. The van der Waals surface area contributed by atoms with E-state index in [1.807, 2.05) is 0 Å². The molecule has 1 aromatic heterocycles. The number of H-pyrrole nitrogens is 1. The van der Waals surface area contributed by atoms with Gasteiger partial charge in [0.25, 0.3) is 0 Å². The summed E-state index contributed by atoms with van der Waals surface area (Å²) < 4.78 is 33.2. The van der Waals surface area contributed by atoms with Crippen molar-refractivity contribution in [3.63, 3.8) is 0 Å². The molecule has 0 saturated carbocycles. The van der Waals surface area contributed by atoms with Gasteiger partial charge < -0.3 is 0 Å². The van der Waals surface area contributed by atoms with Crippen molar-refractivity contribution in [3.8, 4) is 0 Å². The molecule has 1 aromatic rings. The molecule has 0 unspecified atom stereocenters. The van der Waals surface area contributed by atoms with Crippen LogP contribution in [-0.2, 0) is 10.2 Å². The van der Waals surface area contributed by atoms with Crippen molar-refractivity contribution in [2.75, 3.05) is 0 Å². The Kier molecular flexibility index (Phi) is 1.71. The summed E-state index contributed by atoms with van der Waals surface area (Å²) in [4.78, 5) is -0.350. The highest BCUT2D eigenvalue weighted by Gasteiger charge is 2.20. The number of nitrogens with one attached hydrogen (secondary N) is 1. The van der Waals surface area contributed by atoms with E-state index < -0.39 is 10.2 Å². The lowest BCUT2D eigenvalue weighted by atomic mass is 10.4. The standard InChI is InChI=1S/C5H7FN2O2S/c1-3-5(11(6,9)10)4(2)8-7-3/h1-2H3,(H,7,8). The van der Waals surface area contributed by atoms with Gasteiger partial charge in [-0.25, -0.2) is 0 Å². The molecule has 4 nitrogen and oxygen atoms in total. The molecule has 0 fully saturated rings. The van der Waals surface area contributed by atoms with Crippen LogP contribution in [0.2, 0.25) is 0 Å². The summed E-state index contributed by atoms with van der Waals surface area (Å²) in [5.74, 6) is 0. The van der Waals surface area contributed by atoms with Gasteiger partial charge in [-0.15, -0.1) is 3.89 Å². The summed E-state index contributed by atoms with van der Waals surface area (Å²) >= 11 is 0. The van der Waals surface area contributed by atoms with Crippen LogP contribution >= 0.6 is 0 Å². The molecule has 1 N–H and O–H groups in total. The molecule has 0 spiro atoms. The van der Waals surface area contributed by atoms with E-state index in [4.69, 9.17) is 0 Å². The van der Waals surface area contributed by atoms with Gasteiger partial charge in [-0.2, -0.15) is 13.5 Å². The van der Waals surface area contributed by atoms with Crippen LogP contribution in [0.4, 0.5) is 3.89 Å². The zero-order chi connectivity index (χ0) is 8.65. The largest absolute Gasteiger partial charge is 0.335 e. The minimum atomic E-state index is -4.61. The average Bonchev–Trinajstić information content (AvgIpc) is 2.08. The van der Waals surface area contributed by atoms with Crippen LogP contribution in [-0.4, -0.2) is 18.6 Å². The van der Waals surface area contributed by atoms with Crippen molar-refractivity contribution < 1.29 is 12.3 Å². The van der Waals surface area contributed by atoms with E-state index in [0.717, 1.165) is 0 Å². The van der Waals surface area contributed by atoms with Gasteiger partial charge in [0.05, 0.1) is 11.4 Å². The molecule has 6 heteroatoms. The van der Waals surface area contributed by atoms with Crippen molar-refractivity contribution in [2.45, 2.75) is 18.7 Å². The van der Waals surface area contributed by atoms with Crippen LogP contribution in [0.1, 0.15) is 11.4 Å². The van der Waals surface area contributed by atoms with E-state index in [-0.39, 0.29) is 16.3 Å². The third-order valence-electron chi connectivity index (χ3n) is 1.30.